The van der Waals surface area contributed by atoms with Gasteiger partial charge in [0.1, 0.15) is 11.8 Å². The van der Waals surface area contributed by atoms with Crippen molar-refractivity contribution in [1.29, 1.82) is 0 Å². The van der Waals surface area contributed by atoms with Crippen LogP contribution in [0.4, 0.5) is 4.79 Å². The Morgan fingerprint density at radius 3 is 2.61 bits per heavy atom. The molecule has 1 aliphatic carbocycles. The van der Waals surface area contributed by atoms with Gasteiger partial charge in [-0.2, -0.15) is 0 Å². The van der Waals surface area contributed by atoms with Gasteiger partial charge in [0.15, 0.2) is 0 Å². The van der Waals surface area contributed by atoms with Gasteiger partial charge in [-0.15, -0.1) is 0 Å². The van der Waals surface area contributed by atoms with E-state index in [-0.39, 0.29) is 18.1 Å². The van der Waals surface area contributed by atoms with Gasteiger partial charge in [0.05, 0.1) is 12.9 Å². The number of hydrogen-bond donors (Lipinski definition) is 2. The van der Waals surface area contributed by atoms with E-state index in [2.05, 4.69) is 24.5 Å². The Labute approximate surface area is 139 Å². The Kier molecular flexibility index (Phi) is 7.46. The molecule has 0 bridgehead atoms. The molecule has 1 unspecified atom stereocenters. The third-order valence-electron chi connectivity index (χ3n) is 4.12. The van der Waals surface area contributed by atoms with E-state index in [0.717, 1.165) is 18.6 Å². The first-order valence-electron chi connectivity index (χ1n) is 8.83. The zero-order valence-electron chi connectivity index (χ0n) is 14.3. The largest absolute Gasteiger partial charge is 0.467 e. The number of rotatable bonds is 7. The Hall–Kier alpha value is -1.49. The molecule has 1 aromatic rings. The standard InChI is InChI=1S/C18H30N2O3/c1-14(2)12-22-13-16(17-10-7-11-23-17)20-18(21)19-15-8-5-3-4-6-9-15/h7,10-11,14-16H,3-6,8-9,12-13H2,1-2H3,(H2,19,20,21). The summed E-state index contributed by atoms with van der Waals surface area (Å²) in [5, 5.41) is 6.10. The second-order valence-corrected chi connectivity index (χ2v) is 6.81. The van der Waals surface area contributed by atoms with Gasteiger partial charge in [-0.25, -0.2) is 4.79 Å². The fourth-order valence-electron chi connectivity index (χ4n) is 2.92. The molecule has 1 heterocycles. The van der Waals surface area contributed by atoms with Crippen LogP contribution in [-0.2, 0) is 4.74 Å². The first-order valence-corrected chi connectivity index (χ1v) is 8.83. The van der Waals surface area contributed by atoms with Crippen LogP contribution in [0.15, 0.2) is 22.8 Å². The van der Waals surface area contributed by atoms with Gasteiger partial charge >= 0.3 is 6.03 Å². The van der Waals surface area contributed by atoms with Crippen LogP contribution in [0.2, 0.25) is 0 Å². The van der Waals surface area contributed by atoms with Crippen molar-refractivity contribution in [2.45, 2.75) is 64.5 Å². The van der Waals surface area contributed by atoms with Crippen LogP contribution in [0.1, 0.15) is 64.2 Å². The molecule has 5 nitrogen and oxygen atoms in total. The highest BCUT2D eigenvalue weighted by molar-refractivity contribution is 5.74. The van der Waals surface area contributed by atoms with Crippen LogP contribution in [0, 0.1) is 5.92 Å². The summed E-state index contributed by atoms with van der Waals surface area (Å²) < 4.78 is 11.1. The molecule has 2 N–H and O–H groups in total. The smallest absolute Gasteiger partial charge is 0.315 e. The highest BCUT2D eigenvalue weighted by atomic mass is 16.5. The second-order valence-electron chi connectivity index (χ2n) is 6.81. The zero-order chi connectivity index (χ0) is 16.5. The lowest BCUT2D eigenvalue weighted by Crippen LogP contribution is -2.44. The molecule has 1 aromatic heterocycles. The molecule has 130 valence electrons. The minimum absolute atomic E-state index is 0.133. The van der Waals surface area contributed by atoms with Crippen LogP contribution in [0.3, 0.4) is 0 Å². The van der Waals surface area contributed by atoms with E-state index in [9.17, 15) is 4.79 Å². The predicted octanol–water partition coefficient (Wildman–Crippen LogP) is 4.02. The van der Waals surface area contributed by atoms with Crippen molar-refractivity contribution in [1.82, 2.24) is 10.6 Å². The van der Waals surface area contributed by atoms with Gasteiger partial charge in [0.2, 0.25) is 0 Å². The molecule has 5 heteroatoms. The summed E-state index contributed by atoms with van der Waals surface area (Å²) in [6, 6.07) is 3.60. The van der Waals surface area contributed by atoms with Crippen LogP contribution in [-0.4, -0.2) is 25.3 Å². The van der Waals surface area contributed by atoms with Crippen molar-refractivity contribution in [3.8, 4) is 0 Å². The zero-order valence-corrected chi connectivity index (χ0v) is 14.3. The normalized spacial score (nSPS) is 17.7. The van der Waals surface area contributed by atoms with E-state index in [4.69, 9.17) is 9.15 Å². The number of urea groups is 1. The fourth-order valence-corrected chi connectivity index (χ4v) is 2.92. The van der Waals surface area contributed by atoms with Crippen LogP contribution in [0.25, 0.3) is 0 Å². The Bertz CT molecular complexity index is 437. The SMILES string of the molecule is CC(C)COCC(NC(=O)NC1CCCCCC1)c1ccco1. The predicted molar refractivity (Wildman–Crippen MR) is 90.3 cm³/mol. The minimum Gasteiger partial charge on any atom is -0.467 e. The second kappa shape index (κ2) is 9.60. The summed E-state index contributed by atoms with van der Waals surface area (Å²) in [5.74, 6) is 1.19. The number of carbonyl (C=O) groups excluding carboxylic acids is 1. The maximum Gasteiger partial charge on any atom is 0.315 e. The van der Waals surface area contributed by atoms with Crippen molar-refractivity contribution < 1.29 is 13.9 Å². The highest BCUT2D eigenvalue weighted by Gasteiger charge is 2.20. The van der Waals surface area contributed by atoms with Crippen molar-refractivity contribution in [3.63, 3.8) is 0 Å². The van der Waals surface area contributed by atoms with Crippen LogP contribution in [0.5, 0.6) is 0 Å². The average molecular weight is 322 g/mol. The third kappa shape index (κ3) is 6.65. The lowest BCUT2D eigenvalue weighted by atomic mass is 10.1. The van der Waals surface area contributed by atoms with E-state index in [0.29, 0.717) is 19.1 Å². The summed E-state index contributed by atoms with van der Waals surface area (Å²) in [4.78, 5) is 12.3. The molecular formula is C18H30N2O3. The number of ether oxygens (including phenoxy) is 1. The summed E-state index contributed by atoms with van der Waals surface area (Å²) in [7, 11) is 0. The molecule has 0 aromatic carbocycles. The molecular weight excluding hydrogens is 292 g/mol. The van der Waals surface area contributed by atoms with Gasteiger partial charge in [0.25, 0.3) is 0 Å². The Morgan fingerprint density at radius 1 is 1.26 bits per heavy atom. The lowest BCUT2D eigenvalue weighted by Gasteiger charge is -2.21. The van der Waals surface area contributed by atoms with Gasteiger partial charge in [-0.3, -0.25) is 0 Å². The fraction of sp³-hybridized carbons (Fsp3) is 0.722. The maximum atomic E-state index is 12.3. The number of nitrogens with one attached hydrogen (secondary N) is 2. The molecule has 0 aliphatic heterocycles. The van der Waals surface area contributed by atoms with E-state index in [1.807, 2.05) is 12.1 Å². The Balaban J connectivity index is 1.84. The lowest BCUT2D eigenvalue weighted by molar-refractivity contribution is 0.0866. The van der Waals surface area contributed by atoms with Crippen molar-refractivity contribution in [3.05, 3.63) is 24.2 Å². The monoisotopic (exact) mass is 322 g/mol. The molecule has 0 radical (unpaired) electrons. The molecule has 2 amide bonds. The van der Waals surface area contributed by atoms with Crippen LogP contribution < -0.4 is 10.6 Å². The third-order valence-corrected chi connectivity index (χ3v) is 4.12. The molecule has 0 saturated heterocycles. The van der Waals surface area contributed by atoms with Crippen molar-refractivity contribution in [2.75, 3.05) is 13.2 Å². The molecule has 2 rings (SSSR count). The highest BCUT2D eigenvalue weighted by Crippen LogP contribution is 2.18. The van der Waals surface area contributed by atoms with Crippen LogP contribution >= 0.6 is 0 Å². The summed E-state index contributed by atoms with van der Waals surface area (Å²) >= 11 is 0. The molecule has 1 aliphatic rings. The van der Waals surface area contributed by atoms with Gasteiger partial charge in [-0.1, -0.05) is 39.5 Å². The number of furan rings is 1. The van der Waals surface area contributed by atoms with Gasteiger partial charge in [-0.05, 0) is 30.9 Å². The summed E-state index contributed by atoms with van der Waals surface area (Å²) in [6.45, 7) is 5.30. The van der Waals surface area contributed by atoms with Gasteiger partial charge in [0, 0.05) is 12.6 Å². The van der Waals surface area contributed by atoms with E-state index in [1.165, 1.54) is 25.7 Å². The molecule has 23 heavy (non-hydrogen) atoms. The Morgan fingerprint density at radius 2 is 2.00 bits per heavy atom. The maximum absolute atomic E-state index is 12.3. The first kappa shape index (κ1) is 17.9. The number of amides is 2. The topological polar surface area (TPSA) is 63.5 Å². The summed E-state index contributed by atoms with van der Waals surface area (Å²) in [6.07, 6.45) is 8.71. The first-order chi connectivity index (χ1) is 11.1. The quantitative estimate of drug-likeness (QED) is 0.745. The average Bonchev–Trinajstić information content (AvgIpc) is 2.92. The van der Waals surface area contributed by atoms with Gasteiger partial charge < -0.3 is 19.8 Å². The molecule has 1 atom stereocenters. The number of carbonyl (C=O) groups is 1. The molecule has 1 saturated carbocycles. The minimum atomic E-state index is -0.255. The van der Waals surface area contributed by atoms with E-state index in [1.54, 1.807) is 6.26 Å². The van der Waals surface area contributed by atoms with E-state index >= 15 is 0 Å². The molecule has 1 fully saturated rings. The van der Waals surface area contributed by atoms with Crippen molar-refractivity contribution >= 4 is 6.03 Å². The van der Waals surface area contributed by atoms with Crippen molar-refractivity contribution in [2.24, 2.45) is 5.92 Å². The number of hydrogen-bond acceptors (Lipinski definition) is 3. The molecule has 0 spiro atoms. The van der Waals surface area contributed by atoms with E-state index < -0.39 is 0 Å². The summed E-state index contributed by atoms with van der Waals surface area (Å²) in [5.41, 5.74) is 0.